The van der Waals surface area contributed by atoms with Gasteiger partial charge in [0.15, 0.2) is 0 Å². The highest BCUT2D eigenvalue weighted by atomic mass is 79.9. The van der Waals surface area contributed by atoms with Crippen molar-refractivity contribution in [2.75, 3.05) is 12.4 Å². The molecule has 0 saturated carbocycles. The number of hydrogen-bond acceptors (Lipinski definition) is 3. The molecule has 0 aliphatic heterocycles. The molecule has 2 rings (SSSR count). The van der Waals surface area contributed by atoms with Gasteiger partial charge in [-0.05, 0) is 46.3 Å². The van der Waals surface area contributed by atoms with Crippen molar-refractivity contribution in [3.8, 4) is 0 Å². The molecule has 0 spiro atoms. The second-order valence-corrected chi connectivity index (χ2v) is 5.41. The van der Waals surface area contributed by atoms with E-state index in [4.69, 9.17) is 11.6 Å². The number of pyridine rings is 1. The molecule has 2 N–H and O–H groups in total. The van der Waals surface area contributed by atoms with Gasteiger partial charge in [-0.2, -0.15) is 0 Å². The van der Waals surface area contributed by atoms with E-state index in [9.17, 15) is 9.59 Å². The van der Waals surface area contributed by atoms with Crippen LogP contribution in [-0.4, -0.2) is 23.8 Å². The molecule has 0 saturated heterocycles. The van der Waals surface area contributed by atoms with Crippen LogP contribution in [0.4, 0.5) is 5.69 Å². The van der Waals surface area contributed by atoms with Gasteiger partial charge in [0.05, 0.1) is 10.7 Å². The van der Waals surface area contributed by atoms with Crippen molar-refractivity contribution >= 4 is 45.0 Å². The van der Waals surface area contributed by atoms with Gasteiger partial charge in [0.1, 0.15) is 5.69 Å². The second kappa shape index (κ2) is 6.69. The van der Waals surface area contributed by atoms with E-state index in [1.165, 1.54) is 19.3 Å². The van der Waals surface area contributed by atoms with Gasteiger partial charge in [0.2, 0.25) is 0 Å². The van der Waals surface area contributed by atoms with Crippen LogP contribution in [0.25, 0.3) is 0 Å². The van der Waals surface area contributed by atoms with Crippen LogP contribution in [0.2, 0.25) is 5.02 Å². The molecule has 0 bridgehead atoms. The van der Waals surface area contributed by atoms with Crippen LogP contribution in [-0.2, 0) is 0 Å². The van der Waals surface area contributed by atoms with Gasteiger partial charge in [0, 0.05) is 23.3 Å². The molecular formula is C14H11BrClN3O2. The minimum Gasteiger partial charge on any atom is -0.355 e. The number of rotatable bonds is 3. The first kappa shape index (κ1) is 15.5. The van der Waals surface area contributed by atoms with Crippen molar-refractivity contribution in [3.05, 3.63) is 57.3 Å². The predicted molar refractivity (Wildman–Crippen MR) is 84.7 cm³/mol. The molecular weight excluding hydrogens is 358 g/mol. The van der Waals surface area contributed by atoms with Crippen LogP contribution >= 0.6 is 27.5 Å². The standard InChI is InChI=1S/C14H11BrClN3O2/c1-17-13(20)8-2-4-10(16)12(6-8)19-14(21)11-5-3-9(15)7-18-11/h2-7H,1H3,(H,17,20)(H,19,21). The summed E-state index contributed by atoms with van der Waals surface area (Å²) in [6.45, 7) is 0. The molecule has 0 atom stereocenters. The average molecular weight is 369 g/mol. The van der Waals surface area contributed by atoms with E-state index in [-0.39, 0.29) is 11.6 Å². The number of benzene rings is 1. The largest absolute Gasteiger partial charge is 0.355 e. The van der Waals surface area contributed by atoms with Crippen molar-refractivity contribution in [1.82, 2.24) is 10.3 Å². The van der Waals surface area contributed by atoms with E-state index in [0.29, 0.717) is 16.3 Å². The molecule has 2 aromatic rings. The summed E-state index contributed by atoms with van der Waals surface area (Å²) >= 11 is 9.27. The van der Waals surface area contributed by atoms with Crippen LogP contribution in [0.1, 0.15) is 20.8 Å². The number of nitrogens with zero attached hydrogens (tertiary/aromatic N) is 1. The molecule has 0 aliphatic rings. The first-order chi connectivity index (χ1) is 10.0. The summed E-state index contributed by atoms with van der Waals surface area (Å²) in [4.78, 5) is 27.7. The van der Waals surface area contributed by atoms with Crippen LogP contribution in [0.3, 0.4) is 0 Å². The van der Waals surface area contributed by atoms with Gasteiger partial charge in [0.25, 0.3) is 11.8 Å². The van der Waals surface area contributed by atoms with Gasteiger partial charge in [-0.15, -0.1) is 0 Å². The molecule has 0 radical (unpaired) electrons. The average Bonchev–Trinajstić information content (AvgIpc) is 2.49. The Morgan fingerprint density at radius 1 is 1.19 bits per heavy atom. The SMILES string of the molecule is CNC(=O)c1ccc(Cl)c(NC(=O)c2ccc(Br)cn2)c1. The number of anilines is 1. The fourth-order valence-electron chi connectivity index (χ4n) is 1.60. The lowest BCUT2D eigenvalue weighted by molar-refractivity contribution is 0.0961. The molecule has 7 heteroatoms. The number of hydrogen-bond donors (Lipinski definition) is 2. The van der Waals surface area contributed by atoms with E-state index in [1.54, 1.807) is 24.3 Å². The summed E-state index contributed by atoms with van der Waals surface area (Å²) in [5.74, 6) is -0.664. The summed E-state index contributed by atoms with van der Waals surface area (Å²) in [5.41, 5.74) is 1.01. The summed E-state index contributed by atoms with van der Waals surface area (Å²) in [7, 11) is 1.53. The number of aromatic nitrogens is 1. The molecule has 21 heavy (non-hydrogen) atoms. The molecule has 2 amide bonds. The zero-order valence-electron chi connectivity index (χ0n) is 11.0. The third-order valence-electron chi connectivity index (χ3n) is 2.66. The smallest absolute Gasteiger partial charge is 0.274 e. The maximum absolute atomic E-state index is 12.1. The second-order valence-electron chi connectivity index (χ2n) is 4.09. The number of carbonyl (C=O) groups excluding carboxylic acids is 2. The summed E-state index contributed by atoms with van der Waals surface area (Å²) < 4.78 is 0.777. The van der Waals surface area contributed by atoms with E-state index in [0.717, 1.165) is 4.47 Å². The fourth-order valence-corrected chi connectivity index (χ4v) is 2.00. The van der Waals surface area contributed by atoms with Crippen LogP contribution in [0.15, 0.2) is 41.0 Å². The Balaban J connectivity index is 2.24. The number of amides is 2. The molecule has 1 heterocycles. The lowest BCUT2D eigenvalue weighted by atomic mass is 10.2. The Hall–Kier alpha value is -1.92. The minimum atomic E-state index is -0.404. The Kier molecular flexibility index (Phi) is 4.93. The van der Waals surface area contributed by atoms with E-state index >= 15 is 0 Å². The lowest BCUT2D eigenvalue weighted by Crippen LogP contribution is -2.19. The zero-order chi connectivity index (χ0) is 15.4. The van der Waals surface area contributed by atoms with Crippen molar-refractivity contribution in [2.24, 2.45) is 0 Å². The Morgan fingerprint density at radius 3 is 2.57 bits per heavy atom. The monoisotopic (exact) mass is 367 g/mol. The third kappa shape index (κ3) is 3.80. The summed E-state index contributed by atoms with van der Waals surface area (Å²) in [6.07, 6.45) is 1.53. The molecule has 5 nitrogen and oxygen atoms in total. The van der Waals surface area contributed by atoms with Gasteiger partial charge < -0.3 is 10.6 Å². The molecule has 0 fully saturated rings. The third-order valence-corrected chi connectivity index (χ3v) is 3.46. The molecule has 0 unspecified atom stereocenters. The molecule has 108 valence electrons. The highest BCUT2D eigenvalue weighted by Crippen LogP contribution is 2.23. The van der Waals surface area contributed by atoms with E-state index < -0.39 is 5.91 Å². The summed E-state index contributed by atoms with van der Waals surface area (Å²) in [6, 6.07) is 7.93. The molecule has 1 aromatic heterocycles. The highest BCUT2D eigenvalue weighted by molar-refractivity contribution is 9.10. The van der Waals surface area contributed by atoms with Crippen molar-refractivity contribution in [3.63, 3.8) is 0 Å². The first-order valence-corrected chi connectivity index (χ1v) is 7.13. The van der Waals surface area contributed by atoms with E-state index in [2.05, 4.69) is 31.5 Å². The topological polar surface area (TPSA) is 71.1 Å². The van der Waals surface area contributed by atoms with Crippen LogP contribution in [0, 0.1) is 0 Å². The van der Waals surface area contributed by atoms with E-state index in [1.807, 2.05) is 0 Å². The quantitative estimate of drug-likeness (QED) is 0.874. The number of nitrogens with one attached hydrogen (secondary N) is 2. The Morgan fingerprint density at radius 2 is 1.95 bits per heavy atom. The van der Waals surface area contributed by atoms with Gasteiger partial charge in [-0.3, -0.25) is 9.59 Å². The van der Waals surface area contributed by atoms with Crippen molar-refractivity contribution in [1.29, 1.82) is 0 Å². The first-order valence-electron chi connectivity index (χ1n) is 5.96. The predicted octanol–water partition coefficient (Wildman–Crippen LogP) is 3.11. The van der Waals surface area contributed by atoms with Crippen molar-refractivity contribution < 1.29 is 9.59 Å². The van der Waals surface area contributed by atoms with Gasteiger partial charge in [-0.1, -0.05) is 11.6 Å². The number of halogens is 2. The normalized spacial score (nSPS) is 10.0. The Bertz CT molecular complexity index is 689. The number of carbonyl (C=O) groups is 2. The van der Waals surface area contributed by atoms with Gasteiger partial charge in [-0.25, -0.2) is 4.98 Å². The zero-order valence-corrected chi connectivity index (χ0v) is 13.3. The van der Waals surface area contributed by atoms with Crippen molar-refractivity contribution in [2.45, 2.75) is 0 Å². The Labute approximate surface area is 134 Å². The van der Waals surface area contributed by atoms with Gasteiger partial charge >= 0.3 is 0 Å². The maximum Gasteiger partial charge on any atom is 0.274 e. The highest BCUT2D eigenvalue weighted by Gasteiger charge is 2.12. The molecule has 0 aliphatic carbocycles. The minimum absolute atomic E-state index is 0.250. The summed E-state index contributed by atoms with van der Waals surface area (Å²) in [5, 5.41) is 5.48. The lowest BCUT2D eigenvalue weighted by Gasteiger charge is -2.09. The maximum atomic E-state index is 12.1. The molecule has 1 aromatic carbocycles. The fraction of sp³-hybridized carbons (Fsp3) is 0.0714. The van der Waals surface area contributed by atoms with Crippen LogP contribution < -0.4 is 10.6 Å². The van der Waals surface area contributed by atoms with Crippen LogP contribution in [0.5, 0.6) is 0 Å².